The molecule has 162 valence electrons. The van der Waals surface area contributed by atoms with Crippen molar-refractivity contribution < 1.29 is 14.3 Å². The summed E-state index contributed by atoms with van der Waals surface area (Å²) in [7, 11) is 0. The van der Waals surface area contributed by atoms with Crippen LogP contribution < -0.4 is 15.9 Å². The number of hydrazone groups is 1. The third-order valence-corrected chi connectivity index (χ3v) is 4.54. The van der Waals surface area contributed by atoms with Gasteiger partial charge in [-0.2, -0.15) is 10.1 Å². The van der Waals surface area contributed by atoms with Crippen molar-refractivity contribution in [3.05, 3.63) is 118 Å². The maximum Gasteiger partial charge on any atom is 0.346 e. The van der Waals surface area contributed by atoms with Gasteiger partial charge in [0, 0.05) is 5.56 Å². The molecule has 0 aliphatic heterocycles. The quantitative estimate of drug-likeness (QED) is 0.207. The molecule has 1 aromatic heterocycles. The largest absolute Gasteiger partial charge is 0.423 e. The minimum Gasteiger partial charge on any atom is -0.423 e. The number of hydrogen-bond donors (Lipinski definition) is 2. The van der Waals surface area contributed by atoms with Crippen LogP contribution in [0.25, 0.3) is 11.3 Å². The highest BCUT2D eigenvalue weighted by molar-refractivity contribution is 5.94. The van der Waals surface area contributed by atoms with Crippen LogP contribution in [-0.2, 0) is 0 Å². The van der Waals surface area contributed by atoms with Crippen LogP contribution in [0.4, 0.5) is 0 Å². The fourth-order valence-electron chi connectivity index (χ4n) is 2.92. The highest BCUT2D eigenvalue weighted by Gasteiger charge is 2.10. The molecular weight excluding hydrogens is 420 g/mol. The van der Waals surface area contributed by atoms with E-state index in [1.807, 2.05) is 24.3 Å². The molecule has 4 aromatic rings. The van der Waals surface area contributed by atoms with Crippen molar-refractivity contribution in [1.82, 2.24) is 15.4 Å². The lowest BCUT2D eigenvalue weighted by Crippen LogP contribution is -2.24. The lowest BCUT2D eigenvalue weighted by Gasteiger charge is -2.05. The summed E-state index contributed by atoms with van der Waals surface area (Å²) in [6, 6.07) is 25.8. The van der Waals surface area contributed by atoms with Crippen molar-refractivity contribution in [2.75, 3.05) is 0 Å². The summed E-state index contributed by atoms with van der Waals surface area (Å²) in [5.41, 5.74) is 4.00. The Bertz CT molecular complexity index is 1350. The molecule has 1 amide bonds. The van der Waals surface area contributed by atoms with E-state index in [-0.39, 0.29) is 5.69 Å². The van der Waals surface area contributed by atoms with E-state index in [1.54, 1.807) is 60.7 Å². The molecule has 0 saturated heterocycles. The Morgan fingerprint density at radius 2 is 1.58 bits per heavy atom. The van der Waals surface area contributed by atoms with Gasteiger partial charge in [-0.05, 0) is 48.0 Å². The zero-order valence-corrected chi connectivity index (χ0v) is 17.3. The van der Waals surface area contributed by atoms with Gasteiger partial charge in [0.15, 0.2) is 0 Å². The van der Waals surface area contributed by atoms with Crippen molar-refractivity contribution in [2.24, 2.45) is 5.10 Å². The van der Waals surface area contributed by atoms with Gasteiger partial charge in [0.1, 0.15) is 11.4 Å². The Kier molecular flexibility index (Phi) is 6.46. The molecule has 1 heterocycles. The van der Waals surface area contributed by atoms with Crippen LogP contribution in [0.3, 0.4) is 0 Å². The number of benzene rings is 3. The third kappa shape index (κ3) is 5.65. The first-order valence-electron chi connectivity index (χ1n) is 9.96. The van der Waals surface area contributed by atoms with Crippen LogP contribution in [-0.4, -0.2) is 28.1 Å². The molecule has 0 bridgehead atoms. The highest BCUT2D eigenvalue weighted by Crippen LogP contribution is 2.15. The van der Waals surface area contributed by atoms with Crippen molar-refractivity contribution in [3.63, 3.8) is 0 Å². The molecule has 0 atom stereocenters. The van der Waals surface area contributed by atoms with Crippen LogP contribution >= 0.6 is 0 Å². The van der Waals surface area contributed by atoms with E-state index < -0.39 is 17.6 Å². The molecule has 0 saturated carbocycles. The van der Waals surface area contributed by atoms with E-state index in [0.717, 1.165) is 0 Å². The smallest absolute Gasteiger partial charge is 0.346 e. The molecule has 8 heteroatoms. The molecule has 0 aliphatic rings. The predicted octanol–water partition coefficient (Wildman–Crippen LogP) is 3.42. The SMILES string of the molecule is O=C(Oc1ccc(/C=N/NC(=O)c2cc(-c3ccccc3)nc(=O)[nH]2)cc1)c1ccccc1. The molecule has 33 heavy (non-hydrogen) atoms. The van der Waals surface area contributed by atoms with Crippen molar-refractivity contribution >= 4 is 18.1 Å². The molecule has 3 aromatic carbocycles. The summed E-state index contributed by atoms with van der Waals surface area (Å²) in [5, 5.41) is 3.91. The Labute approximate surface area is 188 Å². The molecule has 0 unspecified atom stereocenters. The summed E-state index contributed by atoms with van der Waals surface area (Å²) >= 11 is 0. The fraction of sp³-hybridized carbons (Fsp3) is 0. The lowest BCUT2D eigenvalue weighted by atomic mass is 10.1. The predicted molar refractivity (Wildman–Crippen MR) is 123 cm³/mol. The minimum atomic E-state index is -0.633. The standard InChI is InChI=1S/C25H18N4O4/c30-23(22-15-21(27-25(32)28-22)18-7-3-1-4-8-18)29-26-16-17-11-13-20(14-12-17)33-24(31)19-9-5-2-6-10-19/h1-16H,(H,29,30)(H,27,28,32)/b26-16+. The number of rotatable bonds is 6. The molecule has 0 radical (unpaired) electrons. The van der Waals surface area contributed by atoms with Crippen molar-refractivity contribution in [3.8, 4) is 17.0 Å². The number of carbonyl (C=O) groups is 2. The van der Waals surface area contributed by atoms with Gasteiger partial charge in [0.25, 0.3) is 5.91 Å². The number of ether oxygens (including phenoxy) is 1. The second-order valence-corrected chi connectivity index (χ2v) is 6.87. The third-order valence-electron chi connectivity index (χ3n) is 4.54. The van der Waals surface area contributed by atoms with Crippen molar-refractivity contribution in [1.29, 1.82) is 0 Å². The Hall–Kier alpha value is -4.85. The number of aromatic amines is 1. The molecule has 2 N–H and O–H groups in total. The van der Waals surface area contributed by atoms with Crippen molar-refractivity contribution in [2.45, 2.75) is 0 Å². The van der Waals surface area contributed by atoms with Crippen LogP contribution in [0.2, 0.25) is 0 Å². The second-order valence-electron chi connectivity index (χ2n) is 6.87. The number of aromatic nitrogens is 2. The van der Waals surface area contributed by atoms with Gasteiger partial charge in [0.2, 0.25) is 0 Å². The summed E-state index contributed by atoms with van der Waals surface area (Å²) < 4.78 is 5.32. The average molecular weight is 438 g/mol. The summed E-state index contributed by atoms with van der Waals surface area (Å²) in [4.78, 5) is 42.7. The number of amides is 1. The molecule has 0 aliphatic carbocycles. The van der Waals surface area contributed by atoms with Gasteiger partial charge in [-0.25, -0.2) is 15.0 Å². The number of esters is 1. The number of nitrogens with one attached hydrogen (secondary N) is 2. The van der Waals surface area contributed by atoms with Gasteiger partial charge in [-0.15, -0.1) is 0 Å². The maximum atomic E-state index is 12.4. The minimum absolute atomic E-state index is 0.0363. The van der Waals surface area contributed by atoms with Gasteiger partial charge in [-0.3, -0.25) is 4.79 Å². The van der Waals surface area contributed by atoms with Crippen LogP contribution in [0, 0.1) is 0 Å². The molecule has 0 spiro atoms. The monoisotopic (exact) mass is 438 g/mol. The van der Waals surface area contributed by atoms with Gasteiger partial charge in [0.05, 0.1) is 17.5 Å². The first-order valence-corrected chi connectivity index (χ1v) is 9.96. The van der Waals surface area contributed by atoms with E-state index in [0.29, 0.717) is 28.1 Å². The van der Waals surface area contributed by atoms with Gasteiger partial charge >= 0.3 is 11.7 Å². The molecule has 8 nitrogen and oxygen atoms in total. The number of carbonyl (C=O) groups excluding carboxylic acids is 2. The maximum absolute atomic E-state index is 12.4. The summed E-state index contributed by atoms with van der Waals surface area (Å²) in [6.45, 7) is 0. The zero-order chi connectivity index (χ0) is 23.0. The topological polar surface area (TPSA) is 114 Å². The number of nitrogens with zero attached hydrogens (tertiary/aromatic N) is 2. The zero-order valence-electron chi connectivity index (χ0n) is 17.3. The van der Waals surface area contributed by atoms with Crippen LogP contribution in [0.5, 0.6) is 5.75 Å². The van der Waals surface area contributed by atoms with Gasteiger partial charge in [-0.1, -0.05) is 48.5 Å². The normalized spacial score (nSPS) is 10.7. The van der Waals surface area contributed by atoms with E-state index in [2.05, 4.69) is 20.5 Å². The van der Waals surface area contributed by atoms with Crippen LogP contribution in [0.15, 0.2) is 101 Å². The number of H-pyrrole nitrogens is 1. The van der Waals surface area contributed by atoms with E-state index in [9.17, 15) is 14.4 Å². The van der Waals surface area contributed by atoms with E-state index in [4.69, 9.17) is 4.74 Å². The molecular formula is C25H18N4O4. The van der Waals surface area contributed by atoms with E-state index in [1.165, 1.54) is 12.3 Å². The summed E-state index contributed by atoms with van der Waals surface area (Å²) in [5.74, 6) is -0.658. The average Bonchev–Trinajstić information content (AvgIpc) is 2.85. The Morgan fingerprint density at radius 3 is 2.27 bits per heavy atom. The lowest BCUT2D eigenvalue weighted by molar-refractivity contribution is 0.0734. The Morgan fingerprint density at radius 1 is 0.909 bits per heavy atom. The second kappa shape index (κ2) is 9.97. The number of hydrogen-bond acceptors (Lipinski definition) is 6. The highest BCUT2D eigenvalue weighted by atomic mass is 16.5. The Balaban J connectivity index is 1.38. The molecule has 4 rings (SSSR count). The van der Waals surface area contributed by atoms with Gasteiger partial charge < -0.3 is 9.72 Å². The first-order chi connectivity index (χ1) is 16.1. The van der Waals surface area contributed by atoms with Crippen LogP contribution in [0.1, 0.15) is 26.4 Å². The first kappa shape index (κ1) is 21.4. The molecule has 0 fully saturated rings. The fourth-order valence-corrected chi connectivity index (χ4v) is 2.92. The summed E-state index contributed by atoms with van der Waals surface area (Å²) in [6.07, 6.45) is 1.43. The van der Waals surface area contributed by atoms with E-state index >= 15 is 0 Å².